The molecule has 1 aromatic heterocycles. The molecular weight excluding hydrogens is 251 g/mol. The predicted octanol–water partition coefficient (Wildman–Crippen LogP) is 2.47. The first-order valence-electron chi connectivity index (χ1n) is 5.32. The molecule has 0 fully saturated rings. The molecule has 0 aliphatic carbocycles. The molecule has 1 heterocycles. The lowest BCUT2D eigenvalue weighted by atomic mass is 10.2. The van der Waals surface area contributed by atoms with Gasteiger partial charge >= 0.3 is 0 Å². The van der Waals surface area contributed by atoms with Crippen LogP contribution in [0.15, 0.2) is 41.6 Å². The Kier molecular flexibility index (Phi) is 3.66. The zero-order chi connectivity index (χ0) is 13.1. The maximum atomic E-state index is 13.6. The van der Waals surface area contributed by atoms with Crippen LogP contribution in [0.1, 0.15) is 6.92 Å². The van der Waals surface area contributed by atoms with Crippen molar-refractivity contribution < 1.29 is 4.39 Å². The number of hydrogen-bond donors (Lipinski definition) is 1. The zero-order valence-electron chi connectivity index (χ0n) is 9.93. The smallest absolute Gasteiger partial charge is 0.210 e. The van der Waals surface area contributed by atoms with Crippen LogP contribution in [0, 0.1) is 5.82 Å². The quantitative estimate of drug-likeness (QED) is 0.523. The van der Waals surface area contributed by atoms with Crippen LogP contribution in [0.5, 0.6) is 0 Å². The second-order valence-corrected chi connectivity index (χ2v) is 4.84. The fraction of sp³-hybridized carbons (Fsp3) is 0.167. The van der Waals surface area contributed by atoms with Crippen molar-refractivity contribution in [1.29, 1.82) is 0 Å². The van der Waals surface area contributed by atoms with Crippen LogP contribution in [-0.4, -0.2) is 20.6 Å². The fourth-order valence-electron chi connectivity index (χ4n) is 1.39. The van der Waals surface area contributed by atoms with Crippen molar-refractivity contribution in [3.05, 3.63) is 42.2 Å². The van der Waals surface area contributed by atoms with Crippen molar-refractivity contribution in [3.63, 3.8) is 0 Å². The van der Waals surface area contributed by atoms with Crippen LogP contribution < -0.4 is 5.84 Å². The highest BCUT2D eigenvalue weighted by Crippen LogP contribution is 2.24. The average Bonchev–Trinajstić information content (AvgIpc) is 2.69. The molecule has 0 saturated heterocycles. The number of hydrogen-bond acceptors (Lipinski definition) is 4. The molecular formula is C12H13FN4S. The van der Waals surface area contributed by atoms with Crippen molar-refractivity contribution >= 4 is 11.8 Å². The standard InChI is InChI=1S/C12H13FN4S/c1-8(2)7-18-12-16-15-11(17(12)14)9-5-3-4-6-10(9)13/h3-6H,1,7,14H2,2H3. The topological polar surface area (TPSA) is 56.7 Å². The van der Waals surface area contributed by atoms with Gasteiger partial charge in [0.2, 0.25) is 5.16 Å². The molecule has 2 aromatic rings. The Morgan fingerprint density at radius 2 is 2.17 bits per heavy atom. The number of benzene rings is 1. The van der Waals surface area contributed by atoms with E-state index in [1.807, 2.05) is 6.92 Å². The van der Waals surface area contributed by atoms with E-state index >= 15 is 0 Å². The molecule has 0 amide bonds. The van der Waals surface area contributed by atoms with Crippen LogP contribution in [0.3, 0.4) is 0 Å². The molecule has 0 saturated carbocycles. The first-order chi connectivity index (χ1) is 8.59. The van der Waals surface area contributed by atoms with Gasteiger partial charge in [0.05, 0.1) is 5.56 Å². The third kappa shape index (κ3) is 2.53. The third-order valence-corrected chi connectivity index (χ3v) is 3.40. The van der Waals surface area contributed by atoms with Gasteiger partial charge in [0, 0.05) is 5.75 Å². The van der Waals surface area contributed by atoms with Gasteiger partial charge in [0.15, 0.2) is 5.82 Å². The van der Waals surface area contributed by atoms with Gasteiger partial charge in [0.1, 0.15) is 5.82 Å². The summed E-state index contributed by atoms with van der Waals surface area (Å²) in [6.07, 6.45) is 0. The highest BCUT2D eigenvalue weighted by Gasteiger charge is 2.14. The summed E-state index contributed by atoms with van der Waals surface area (Å²) >= 11 is 1.42. The third-order valence-electron chi connectivity index (χ3n) is 2.23. The van der Waals surface area contributed by atoms with Gasteiger partial charge in [-0.1, -0.05) is 36.0 Å². The molecule has 2 N–H and O–H groups in total. The minimum atomic E-state index is -0.368. The van der Waals surface area contributed by atoms with Gasteiger partial charge in [-0.2, -0.15) is 0 Å². The molecule has 6 heteroatoms. The number of halogens is 1. The predicted molar refractivity (Wildman–Crippen MR) is 71.1 cm³/mol. The molecule has 0 atom stereocenters. The van der Waals surface area contributed by atoms with E-state index in [1.165, 1.54) is 22.5 Å². The SMILES string of the molecule is C=C(C)CSc1nnc(-c2ccccc2F)n1N. The molecule has 0 spiro atoms. The van der Waals surface area contributed by atoms with Crippen molar-refractivity contribution in [1.82, 2.24) is 14.9 Å². The maximum absolute atomic E-state index is 13.6. The number of rotatable bonds is 4. The van der Waals surface area contributed by atoms with Crippen LogP contribution in [0.25, 0.3) is 11.4 Å². The second kappa shape index (κ2) is 5.22. The second-order valence-electron chi connectivity index (χ2n) is 3.90. The lowest BCUT2D eigenvalue weighted by Gasteiger charge is -2.04. The minimum absolute atomic E-state index is 0.317. The summed E-state index contributed by atoms with van der Waals surface area (Å²) in [6, 6.07) is 6.33. The molecule has 94 valence electrons. The van der Waals surface area contributed by atoms with Crippen LogP contribution in [0.2, 0.25) is 0 Å². The summed E-state index contributed by atoms with van der Waals surface area (Å²) in [4.78, 5) is 0. The van der Waals surface area contributed by atoms with E-state index in [0.29, 0.717) is 22.3 Å². The zero-order valence-corrected chi connectivity index (χ0v) is 10.7. The fourth-order valence-corrected chi connectivity index (χ4v) is 2.09. The van der Waals surface area contributed by atoms with E-state index < -0.39 is 0 Å². The monoisotopic (exact) mass is 264 g/mol. The van der Waals surface area contributed by atoms with Gasteiger partial charge in [-0.15, -0.1) is 10.2 Å². The Labute approximate surface area is 109 Å². The van der Waals surface area contributed by atoms with E-state index in [-0.39, 0.29) is 5.82 Å². The van der Waals surface area contributed by atoms with E-state index in [2.05, 4.69) is 16.8 Å². The van der Waals surface area contributed by atoms with Gasteiger partial charge in [0.25, 0.3) is 0 Å². The molecule has 0 bridgehead atoms. The van der Waals surface area contributed by atoms with Crippen LogP contribution >= 0.6 is 11.8 Å². The Hall–Kier alpha value is -1.82. The van der Waals surface area contributed by atoms with E-state index in [1.54, 1.807) is 18.2 Å². The maximum Gasteiger partial charge on any atom is 0.210 e. The number of nitrogens with two attached hydrogens (primary N) is 1. The Bertz CT molecular complexity index is 579. The van der Waals surface area contributed by atoms with E-state index in [4.69, 9.17) is 5.84 Å². The van der Waals surface area contributed by atoms with Crippen LogP contribution in [0.4, 0.5) is 4.39 Å². The van der Waals surface area contributed by atoms with Gasteiger partial charge in [-0.3, -0.25) is 0 Å². The summed E-state index contributed by atoms with van der Waals surface area (Å²) in [7, 11) is 0. The van der Waals surface area contributed by atoms with Gasteiger partial charge in [-0.25, -0.2) is 9.07 Å². The molecule has 0 aliphatic heterocycles. The molecule has 4 nitrogen and oxygen atoms in total. The summed E-state index contributed by atoms with van der Waals surface area (Å²) < 4.78 is 14.9. The number of nitrogen functional groups attached to an aromatic ring is 1. The van der Waals surface area contributed by atoms with Crippen LogP contribution in [-0.2, 0) is 0 Å². The van der Waals surface area contributed by atoms with Gasteiger partial charge < -0.3 is 5.84 Å². The van der Waals surface area contributed by atoms with E-state index in [0.717, 1.165) is 5.57 Å². The highest BCUT2D eigenvalue weighted by atomic mass is 32.2. The Balaban J connectivity index is 2.31. The van der Waals surface area contributed by atoms with E-state index in [9.17, 15) is 4.39 Å². The normalized spacial score (nSPS) is 10.6. The Morgan fingerprint density at radius 3 is 2.83 bits per heavy atom. The minimum Gasteiger partial charge on any atom is -0.335 e. The highest BCUT2D eigenvalue weighted by molar-refractivity contribution is 7.99. The average molecular weight is 264 g/mol. The van der Waals surface area contributed by atoms with Crippen molar-refractivity contribution in [2.45, 2.75) is 12.1 Å². The summed E-state index contributed by atoms with van der Waals surface area (Å²) in [5.74, 6) is 6.52. The summed E-state index contributed by atoms with van der Waals surface area (Å²) in [5.41, 5.74) is 1.35. The first kappa shape index (κ1) is 12.6. The number of aromatic nitrogens is 3. The van der Waals surface area contributed by atoms with Crippen molar-refractivity contribution in [3.8, 4) is 11.4 Å². The molecule has 0 aliphatic rings. The largest absolute Gasteiger partial charge is 0.335 e. The molecule has 1 aromatic carbocycles. The van der Waals surface area contributed by atoms with Crippen molar-refractivity contribution in [2.24, 2.45) is 0 Å². The molecule has 0 radical (unpaired) electrons. The Morgan fingerprint density at radius 1 is 1.44 bits per heavy atom. The number of nitrogens with zero attached hydrogens (tertiary/aromatic N) is 3. The van der Waals surface area contributed by atoms with Crippen molar-refractivity contribution in [2.75, 3.05) is 11.6 Å². The van der Waals surface area contributed by atoms with Gasteiger partial charge in [-0.05, 0) is 19.1 Å². The molecule has 2 rings (SSSR count). The first-order valence-corrected chi connectivity index (χ1v) is 6.30. The lowest BCUT2D eigenvalue weighted by Crippen LogP contribution is -2.12. The molecule has 18 heavy (non-hydrogen) atoms. The number of thioether (sulfide) groups is 1. The lowest BCUT2D eigenvalue weighted by molar-refractivity contribution is 0.629. The molecule has 0 unspecified atom stereocenters. The summed E-state index contributed by atoms with van der Waals surface area (Å²) in [5, 5.41) is 8.41. The summed E-state index contributed by atoms with van der Waals surface area (Å²) in [6.45, 7) is 5.72.